The van der Waals surface area contributed by atoms with Crippen molar-refractivity contribution < 1.29 is 18.7 Å². The monoisotopic (exact) mass is 384 g/mol. The molecule has 140 valence electrons. The van der Waals surface area contributed by atoms with Crippen molar-refractivity contribution in [3.05, 3.63) is 60.2 Å². The number of hydrogen-bond donors (Lipinski definition) is 0. The third kappa shape index (κ3) is 4.89. The van der Waals surface area contributed by atoms with Gasteiger partial charge in [-0.15, -0.1) is 0 Å². The van der Waals surface area contributed by atoms with Gasteiger partial charge in [-0.2, -0.15) is 0 Å². The van der Waals surface area contributed by atoms with Gasteiger partial charge < -0.3 is 14.1 Å². The van der Waals surface area contributed by atoms with E-state index in [1.807, 2.05) is 61.5 Å². The molecule has 1 heterocycles. The van der Waals surface area contributed by atoms with Crippen LogP contribution in [0.4, 0.5) is 0 Å². The van der Waals surface area contributed by atoms with E-state index in [9.17, 15) is 9.59 Å². The summed E-state index contributed by atoms with van der Waals surface area (Å²) in [7, 11) is 1.70. The molecule has 2 aromatic carbocycles. The smallest absolute Gasteiger partial charge is 0.316 e. The summed E-state index contributed by atoms with van der Waals surface area (Å²) < 4.78 is 10.6. The average Bonchev–Trinajstić information content (AvgIpc) is 3.13. The zero-order chi connectivity index (χ0) is 19.2. The lowest BCUT2D eigenvalue weighted by Crippen LogP contribution is -2.33. The third-order valence-electron chi connectivity index (χ3n) is 4.20. The molecule has 1 atom stereocenters. The molecule has 0 aliphatic heterocycles. The van der Waals surface area contributed by atoms with Crippen molar-refractivity contribution in [3.8, 4) is 0 Å². The summed E-state index contributed by atoms with van der Waals surface area (Å²) in [4.78, 5) is 30.0. The first-order chi connectivity index (χ1) is 13.0. The van der Waals surface area contributed by atoms with E-state index in [1.165, 1.54) is 0 Å². The van der Waals surface area contributed by atoms with Crippen LogP contribution in [0, 0.1) is 0 Å². The van der Waals surface area contributed by atoms with Crippen molar-refractivity contribution in [2.75, 3.05) is 19.4 Å². The summed E-state index contributed by atoms with van der Waals surface area (Å²) in [6.07, 6.45) is 0. The molecule has 0 aliphatic carbocycles. The SMILES string of the molecule is C[C@H](c1ccccc1)N(C)C(=O)COC(=O)CSc1nc2ccccc2o1. The number of amides is 1. The molecule has 3 aromatic rings. The van der Waals surface area contributed by atoms with Crippen molar-refractivity contribution in [3.63, 3.8) is 0 Å². The topological polar surface area (TPSA) is 72.6 Å². The Labute approximate surface area is 161 Å². The number of ether oxygens (including phenoxy) is 1. The van der Waals surface area contributed by atoms with Crippen molar-refractivity contribution >= 4 is 34.7 Å². The highest BCUT2D eigenvalue weighted by Crippen LogP contribution is 2.23. The molecule has 6 nitrogen and oxygen atoms in total. The van der Waals surface area contributed by atoms with Gasteiger partial charge in [-0.25, -0.2) is 4.98 Å². The van der Waals surface area contributed by atoms with E-state index in [4.69, 9.17) is 9.15 Å². The Morgan fingerprint density at radius 2 is 1.85 bits per heavy atom. The summed E-state index contributed by atoms with van der Waals surface area (Å²) in [6, 6.07) is 17.0. The molecule has 0 saturated carbocycles. The Morgan fingerprint density at radius 1 is 1.15 bits per heavy atom. The lowest BCUT2D eigenvalue weighted by Gasteiger charge is -2.25. The lowest BCUT2D eigenvalue weighted by atomic mass is 10.1. The second-order valence-corrected chi connectivity index (χ2v) is 6.91. The summed E-state index contributed by atoms with van der Waals surface area (Å²) in [5.74, 6) is -0.721. The molecule has 0 N–H and O–H groups in total. The molecular weight excluding hydrogens is 364 g/mol. The molecule has 3 rings (SSSR count). The number of esters is 1. The largest absolute Gasteiger partial charge is 0.455 e. The molecule has 0 aliphatic rings. The van der Waals surface area contributed by atoms with Crippen molar-refractivity contribution in [2.24, 2.45) is 0 Å². The first-order valence-electron chi connectivity index (χ1n) is 8.49. The van der Waals surface area contributed by atoms with Crippen LogP contribution in [0.3, 0.4) is 0 Å². The number of nitrogens with zero attached hydrogens (tertiary/aromatic N) is 2. The summed E-state index contributed by atoms with van der Waals surface area (Å²) >= 11 is 1.14. The van der Waals surface area contributed by atoms with Crippen LogP contribution in [0.5, 0.6) is 0 Å². The molecule has 1 amide bonds. The maximum absolute atomic E-state index is 12.3. The highest BCUT2D eigenvalue weighted by atomic mass is 32.2. The standard InChI is InChI=1S/C20H20N2O4S/c1-14(15-8-4-3-5-9-15)22(2)18(23)12-25-19(24)13-27-20-21-16-10-6-7-11-17(16)26-20/h3-11,14H,12-13H2,1-2H3/t14-/m1/s1. The molecule has 27 heavy (non-hydrogen) atoms. The predicted molar refractivity (Wildman–Crippen MR) is 103 cm³/mol. The molecule has 0 spiro atoms. The number of para-hydroxylation sites is 2. The van der Waals surface area contributed by atoms with Crippen LogP contribution in [0.15, 0.2) is 64.2 Å². The van der Waals surface area contributed by atoms with E-state index in [2.05, 4.69) is 4.98 Å². The van der Waals surface area contributed by atoms with Crippen LogP contribution >= 0.6 is 11.8 Å². The molecule has 0 radical (unpaired) electrons. The van der Waals surface area contributed by atoms with Gasteiger partial charge in [-0.05, 0) is 24.6 Å². The Bertz CT molecular complexity index is 893. The van der Waals surface area contributed by atoms with E-state index in [1.54, 1.807) is 11.9 Å². The van der Waals surface area contributed by atoms with Gasteiger partial charge in [0.25, 0.3) is 11.1 Å². The average molecular weight is 384 g/mol. The Hall–Kier alpha value is -2.80. The predicted octanol–water partition coefficient (Wildman–Crippen LogP) is 3.68. The van der Waals surface area contributed by atoms with Gasteiger partial charge in [0.05, 0.1) is 6.04 Å². The maximum atomic E-state index is 12.3. The Balaban J connectivity index is 1.46. The van der Waals surface area contributed by atoms with Crippen LogP contribution in [-0.2, 0) is 14.3 Å². The van der Waals surface area contributed by atoms with Crippen molar-refractivity contribution in [2.45, 2.75) is 18.2 Å². The Kier molecular flexibility index (Phi) is 6.13. The number of fused-ring (bicyclic) bond motifs is 1. The van der Waals surface area contributed by atoms with Crippen LogP contribution in [0.25, 0.3) is 11.1 Å². The zero-order valence-corrected chi connectivity index (χ0v) is 15.9. The highest BCUT2D eigenvalue weighted by molar-refractivity contribution is 7.99. The number of carbonyl (C=O) groups excluding carboxylic acids is 2. The minimum atomic E-state index is -0.489. The number of oxazole rings is 1. The third-order valence-corrected chi connectivity index (χ3v) is 5.00. The van der Waals surface area contributed by atoms with Crippen LogP contribution in [-0.4, -0.2) is 41.2 Å². The number of thioether (sulfide) groups is 1. The van der Waals surface area contributed by atoms with Gasteiger partial charge in [0, 0.05) is 7.05 Å². The number of likely N-dealkylation sites (N-methyl/N-ethyl adjacent to an activating group) is 1. The maximum Gasteiger partial charge on any atom is 0.316 e. The van der Waals surface area contributed by atoms with E-state index in [0.717, 1.165) is 22.8 Å². The summed E-state index contributed by atoms with van der Waals surface area (Å²) in [5.41, 5.74) is 2.42. The van der Waals surface area contributed by atoms with Gasteiger partial charge in [0.15, 0.2) is 12.2 Å². The van der Waals surface area contributed by atoms with Crippen LogP contribution in [0.1, 0.15) is 18.5 Å². The van der Waals surface area contributed by atoms with Crippen molar-refractivity contribution in [1.29, 1.82) is 0 Å². The van der Waals surface area contributed by atoms with Gasteiger partial charge in [0.2, 0.25) is 0 Å². The first kappa shape index (κ1) is 19.0. The normalized spacial score (nSPS) is 11.9. The minimum Gasteiger partial charge on any atom is -0.455 e. The fourth-order valence-electron chi connectivity index (χ4n) is 2.49. The van der Waals surface area contributed by atoms with Crippen molar-refractivity contribution in [1.82, 2.24) is 9.88 Å². The fourth-order valence-corrected chi connectivity index (χ4v) is 3.13. The first-order valence-corrected chi connectivity index (χ1v) is 9.48. The zero-order valence-electron chi connectivity index (χ0n) is 15.1. The van der Waals surface area contributed by atoms with E-state index in [0.29, 0.717) is 10.8 Å². The fraction of sp³-hybridized carbons (Fsp3) is 0.250. The van der Waals surface area contributed by atoms with Gasteiger partial charge in [0.1, 0.15) is 11.3 Å². The number of hydrogen-bond acceptors (Lipinski definition) is 6. The Morgan fingerprint density at radius 3 is 2.59 bits per heavy atom. The van der Waals surface area contributed by atoms with Crippen LogP contribution < -0.4 is 0 Å². The second kappa shape index (κ2) is 8.73. The molecular formula is C20H20N2O4S. The van der Waals surface area contributed by atoms with E-state index < -0.39 is 5.97 Å². The van der Waals surface area contributed by atoms with E-state index in [-0.39, 0.29) is 24.3 Å². The lowest BCUT2D eigenvalue weighted by molar-refractivity contribution is -0.150. The van der Waals surface area contributed by atoms with Gasteiger partial charge >= 0.3 is 5.97 Å². The van der Waals surface area contributed by atoms with Crippen LogP contribution in [0.2, 0.25) is 0 Å². The molecule has 0 bridgehead atoms. The second-order valence-electron chi connectivity index (χ2n) is 5.99. The molecule has 0 fully saturated rings. The number of aromatic nitrogens is 1. The quantitative estimate of drug-likeness (QED) is 0.457. The van der Waals surface area contributed by atoms with Gasteiger partial charge in [-0.1, -0.05) is 54.2 Å². The summed E-state index contributed by atoms with van der Waals surface area (Å²) in [5, 5.41) is 0.397. The molecule has 7 heteroatoms. The van der Waals surface area contributed by atoms with E-state index >= 15 is 0 Å². The number of carbonyl (C=O) groups is 2. The van der Waals surface area contributed by atoms with Gasteiger partial charge in [-0.3, -0.25) is 9.59 Å². The highest BCUT2D eigenvalue weighted by Gasteiger charge is 2.19. The molecule has 1 aromatic heterocycles. The number of rotatable bonds is 7. The number of benzene rings is 2. The molecule has 0 saturated heterocycles. The minimum absolute atomic E-state index is 0.0258. The summed E-state index contributed by atoms with van der Waals surface area (Å²) in [6.45, 7) is 1.64. The molecule has 0 unspecified atom stereocenters.